The highest BCUT2D eigenvalue weighted by Crippen LogP contribution is 2.28. The smallest absolute Gasteiger partial charge is 0.254 e. The van der Waals surface area contributed by atoms with Gasteiger partial charge in [-0.05, 0) is 42.7 Å². The second-order valence-electron chi connectivity index (χ2n) is 7.04. The number of nitrogens with one attached hydrogen (secondary N) is 1. The summed E-state index contributed by atoms with van der Waals surface area (Å²) >= 11 is 1.38. The first-order valence-corrected chi connectivity index (χ1v) is 9.95. The lowest BCUT2D eigenvalue weighted by Gasteiger charge is -2.26. The van der Waals surface area contributed by atoms with Gasteiger partial charge in [0.05, 0.1) is 10.2 Å². The number of aryl methyl sites for hydroxylation is 1. The van der Waals surface area contributed by atoms with Gasteiger partial charge in [-0.2, -0.15) is 0 Å². The number of anilines is 1. The summed E-state index contributed by atoms with van der Waals surface area (Å²) in [4.78, 5) is 35.2. The van der Waals surface area contributed by atoms with E-state index in [2.05, 4.69) is 15.3 Å². The zero-order chi connectivity index (χ0) is 19.7. The Bertz CT molecular complexity index is 1030. The van der Waals surface area contributed by atoms with Crippen LogP contribution >= 0.6 is 11.3 Å². The summed E-state index contributed by atoms with van der Waals surface area (Å²) in [6.07, 6.45) is 4.70. The van der Waals surface area contributed by atoms with Crippen LogP contribution in [0, 0.1) is 6.92 Å². The normalized spacial score (nSPS) is 16.3. The molecule has 2 amide bonds. The van der Waals surface area contributed by atoms with Gasteiger partial charge in [0.25, 0.3) is 5.91 Å². The molecule has 0 spiro atoms. The molecular formula is C20H21N5O2S. The van der Waals surface area contributed by atoms with Crippen molar-refractivity contribution in [2.75, 3.05) is 12.3 Å². The first-order valence-electron chi connectivity index (χ1n) is 9.14. The summed E-state index contributed by atoms with van der Waals surface area (Å²) in [5.41, 5.74) is 9.13. The molecule has 0 radical (unpaired) electrons. The molecule has 0 bridgehead atoms. The van der Waals surface area contributed by atoms with E-state index in [1.54, 1.807) is 17.3 Å². The molecular weight excluding hydrogens is 374 g/mol. The fraction of sp³-hybridized carbons (Fsp3) is 0.300. The molecule has 1 aromatic carbocycles. The van der Waals surface area contributed by atoms with Crippen molar-refractivity contribution in [2.24, 2.45) is 0 Å². The van der Waals surface area contributed by atoms with Crippen LogP contribution in [0.25, 0.3) is 10.2 Å². The third kappa shape index (κ3) is 3.82. The number of aromatic nitrogens is 2. The lowest BCUT2D eigenvalue weighted by atomic mass is 10.1. The second kappa shape index (κ2) is 7.55. The lowest BCUT2D eigenvalue weighted by Crippen LogP contribution is -2.41. The van der Waals surface area contributed by atoms with Crippen LogP contribution in [0.1, 0.15) is 34.3 Å². The largest absolute Gasteiger partial charge is 0.375 e. The highest BCUT2D eigenvalue weighted by molar-refractivity contribution is 7.22. The fourth-order valence-electron chi connectivity index (χ4n) is 3.53. The van der Waals surface area contributed by atoms with Gasteiger partial charge in [0.2, 0.25) is 5.91 Å². The first-order chi connectivity index (χ1) is 13.5. The van der Waals surface area contributed by atoms with Crippen LogP contribution in [0.4, 0.5) is 5.13 Å². The molecule has 1 aliphatic rings. The minimum Gasteiger partial charge on any atom is -0.375 e. The molecule has 0 unspecified atom stereocenters. The summed E-state index contributed by atoms with van der Waals surface area (Å²) in [6, 6.07) is 7.47. The van der Waals surface area contributed by atoms with Crippen LogP contribution in [0.5, 0.6) is 0 Å². The number of amides is 2. The first kappa shape index (κ1) is 18.4. The number of thiazole rings is 1. The number of fused-ring (bicyclic) bond motifs is 1. The third-order valence-corrected chi connectivity index (χ3v) is 5.69. The van der Waals surface area contributed by atoms with Crippen molar-refractivity contribution >= 4 is 38.5 Å². The van der Waals surface area contributed by atoms with Crippen LogP contribution in [0.15, 0.2) is 36.7 Å². The van der Waals surface area contributed by atoms with E-state index in [4.69, 9.17) is 5.73 Å². The van der Waals surface area contributed by atoms with Gasteiger partial charge < -0.3 is 16.0 Å². The number of pyridine rings is 1. The van der Waals surface area contributed by atoms with E-state index in [0.29, 0.717) is 30.2 Å². The van der Waals surface area contributed by atoms with Gasteiger partial charge in [0.1, 0.15) is 0 Å². The summed E-state index contributed by atoms with van der Waals surface area (Å²) in [5, 5.41) is 3.44. The monoisotopic (exact) mass is 395 g/mol. The Kier molecular flexibility index (Phi) is 4.95. The number of carbonyl (C=O) groups excluding carboxylic acids is 2. The molecule has 2 aromatic heterocycles. The maximum Gasteiger partial charge on any atom is 0.254 e. The highest BCUT2D eigenvalue weighted by atomic mass is 32.1. The Morgan fingerprint density at radius 2 is 2.29 bits per heavy atom. The van der Waals surface area contributed by atoms with Crippen molar-refractivity contribution in [3.63, 3.8) is 0 Å². The maximum atomic E-state index is 13.4. The predicted octanol–water partition coefficient (Wildman–Crippen LogP) is 2.50. The minimum atomic E-state index is -0.0815. The highest BCUT2D eigenvalue weighted by Gasteiger charge is 2.26. The number of nitrogens with zero attached hydrogens (tertiary/aromatic N) is 3. The predicted molar refractivity (Wildman–Crippen MR) is 109 cm³/mol. The number of hydrogen-bond acceptors (Lipinski definition) is 6. The van der Waals surface area contributed by atoms with Gasteiger partial charge in [-0.15, -0.1) is 0 Å². The molecule has 4 rings (SSSR count). The number of nitrogens with two attached hydrogens (primary N) is 1. The molecule has 8 heteroatoms. The van der Waals surface area contributed by atoms with Gasteiger partial charge in [-0.1, -0.05) is 17.4 Å². The van der Waals surface area contributed by atoms with Gasteiger partial charge in [0, 0.05) is 43.5 Å². The Morgan fingerprint density at radius 3 is 3.00 bits per heavy atom. The van der Waals surface area contributed by atoms with Gasteiger partial charge in [-0.25, -0.2) is 4.98 Å². The van der Waals surface area contributed by atoms with E-state index in [1.165, 1.54) is 11.3 Å². The quantitative estimate of drug-likeness (QED) is 0.691. The molecule has 144 valence electrons. The minimum absolute atomic E-state index is 0.0306. The third-order valence-electron chi connectivity index (χ3n) is 4.86. The number of hydrogen-bond donors (Lipinski definition) is 2. The average molecular weight is 395 g/mol. The fourth-order valence-corrected chi connectivity index (χ4v) is 4.38. The zero-order valence-electron chi connectivity index (χ0n) is 15.5. The van der Waals surface area contributed by atoms with Crippen molar-refractivity contribution in [1.29, 1.82) is 0 Å². The molecule has 1 atom stereocenters. The van der Waals surface area contributed by atoms with Crippen molar-refractivity contribution in [3.8, 4) is 0 Å². The molecule has 28 heavy (non-hydrogen) atoms. The van der Waals surface area contributed by atoms with Crippen LogP contribution in [0.2, 0.25) is 0 Å². The number of carbonyl (C=O) groups is 2. The summed E-state index contributed by atoms with van der Waals surface area (Å²) in [7, 11) is 0. The molecule has 0 aliphatic carbocycles. The van der Waals surface area contributed by atoms with E-state index in [1.807, 2.05) is 31.2 Å². The van der Waals surface area contributed by atoms with E-state index >= 15 is 0 Å². The number of benzene rings is 1. The van der Waals surface area contributed by atoms with Crippen molar-refractivity contribution in [1.82, 2.24) is 20.2 Å². The average Bonchev–Trinajstić information content (AvgIpc) is 3.26. The van der Waals surface area contributed by atoms with Crippen LogP contribution in [0.3, 0.4) is 0 Å². The Hall–Kier alpha value is -3.00. The summed E-state index contributed by atoms with van der Waals surface area (Å²) in [6.45, 7) is 2.82. The SMILES string of the molecule is Cc1cc(C(=O)N(Cc2cccnc2)C[C@@H]2CCC(=O)N2)cc2sc(N)nc12. The Labute approximate surface area is 166 Å². The molecule has 3 heterocycles. The molecule has 1 saturated heterocycles. The molecule has 1 fully saturated rings. The van der Waals surface area contributed by atoms with Crippen molar-refractivity contribution in [3.05, 3.63) is 53.3 Å². The molecule has 0 saturated carbocycles. The maximum absolute atomic E-state index is 13.4. The zero-order valence-corrected chi connectivity index (χ0v) is 16.3. The topological polar surface area (TPSA) is 101 Å². The number of rotatable bonds is 5. The molecule has 7 nitrogen and oxygen atoms in total. The Morgan fingerprint density at radius 1 is 1.43 bits per heavy atom. The van der Waals surface area contributed by atoms with Gasteiger partial charge in [-0.3, -0.25) is 14.6 Å². The summed E-state index contributed by atoms with van der Waals surface area (Å²) < 4.78 is 0.899. The molecule has 3 aromatic rings. The van der Waals surface area contributed by atoms with E-state index in [9.17, 15) is 9.59 Å². The number of nitrogen functional groups attached to an aromatic ring is 1. The van der Waals surface area contributed by atoms with Gasteiger partial charge >= 0.3 is 0 Å². The van der Waals surface area contributed by atoms with Crippen LogP contribution < -0.4 is 11.1 Å². The van der Waals surface area contributed by atoms with Crippen LogP contribution in [-0.4, -0.2) is 39.3 Å². The van der Waals surface area contributed by atoms with E-state index in [-0.39, 0.29) is 17.9 Å². The van der Waals surface area contributed by atoms with Crippen LogP contribution in [-0.2, 0) is 11.3 Å². The van der Waals surface area contributed by atoms with Gasteiger partial charge in [0.15, 0.2) is 5.13 Å². The molecule has 1 aliphatic heterocycles. The lowest BCUT2D eigenvalue weighted by molar-refractivity contribution is -0.119. The van der Waals surface area contributed by atoms with Crippen molar-refractivity contribution in [2.45, 2.75) is 32.4 Å². The van der Waals surface area contributed by atoms with E-state index < -0.39 is 0 Å². The second-order valence-corrected chi connectivity index (χ2v) is 8.10. The standard InChI is InChI=1S/C20H21N5O2S/c1-12-7-14(8-16-18(12)24-20(21)28-16)19(27)25(10-13-3-2-6-22-9-13)11-15-4-5-17(26)23-15/h2-3,6-9,15H,4-5,10-11H2,1H3,(H2,21,24)(H,23,26)/t15-/m0/s1. The summed E-state index contributed by atoms with van der Waals surface area (Å²) in [5.74, 6) is -0.0434. The van der Waals surface area contributed by atoms with E-state index in [0.717, 1.165) is 27.8 Å². The Balaban J connectivity index is 1.64. The molecule has 3 N–H and O–H groups in total. The van der Waals surface area contributed by atoms with Crippen molar-refractivity contribution < 1.29 is 9.59 Å².